The molecule has 0 saturated heterocycles. The third-order valence-corrected chi connectivity index (χ3v) is 4.65. The van der Waals surface area contributed by atoms with Crippen LogP contribution in [0, 0.1) is 0 Å². The van der Waals surface area contributed by atoms with E-state index in [1.54, 1.807) is 0 Å². The van der Waals surface area contributed by atoms with Gasteiger partial charge in [0.2, 0.25) is 0 Å². The number of fused-ring (bicyclic) bond motifs is 2. The van der Waals surface area contributed by atoms with Gasteiger partial charge in [-0.1, -0.05) is 48.5 Å². The first-order valence-corrected chi connectivity index (χ1v) is 7.89. The van der Waals surface area contributed by atoms with Gasteiger partial charge in [0.15, 0.2) is 0 Å². The fourth-order valence-corrected chi connectivity index (χ4v) is 3.59. The maximum absolute atomic E-state index is 2.35. The molecule has 0 atom stereocenters. The van der Waals surface area contributed by atoms with Gasteiger partial charge >= 0.3 is 0 Å². The number of hydrogen-bond acceptors (Lipinski definition) is 2. The molecule has 1 heterocycles. The highest BCUT2D eigenvalue weighted by Crippen LogP contribution is 2.39. The van der Waals surface area contributed by atoms with Crippen molar-refractivity contribution >= 4 is 17.3 Å². The molecule has 2 heteroatoms. The van der Waals surface area contributed by atoms with Gasteiger partial charge in [-0.25, -0.2) is 0 Å². The van der Waals surface area contributed by atoms with E-state index in [1.165, 1.54) is 27.2 Å². The lowest BCUT2D eigenvalue weighted by Gasteiger charge is -2.13. The molecule has 0 bridgehead atoms. The van der Waals surface area contributed by atoms with Crippen molar-refractivity contribution in [1.29, 1.82) is 0 Å². The summed E-state index contributed by atoms with van der Waals surface area (Å²) in [7, 11) is 4.22. The third kappa shape index (κ3) is 2.67. The molecule has 0 N–H and O–H groups in total. The fourth-order valence-electron chi connectivity index (χ4n) is 2.52. The lowest BCUT2D eigenvalue weighted by Crippen LogP contribution is -2.11. The second kappa shape index (κ2) is 5.86. The molecule has 0 radical (unpaired) electrons. The van der Waals surface area contributed by atoms with Crippen LogP contribution in [0.3, 0.4) is 0 Å². The van der Waals surface area contributed by atoms with Crippen molar-refractivity contribution in [3.63, 3.8) is 0 Å². The summed E-state index contributed by atoms with van der Waals surface area (Å²) in [5, 5.41) is 0. The molecule has 0 saturated carbocycles. The minimum atomic E-state index is 0.961. The molecule has 0 unspecified atom stereocenters. The van der Waals surface area contributed by atoms with Gasteiger partial charge in [-0.3, -0.25) is 0 Å². The van der Waals surface area contributed by atoms with E-state index in [2.05, 4.69) is 73.6 Å². The van der Waals surface area contributed by atoms with E-state index in [4.69, 9.17) is 0 Å². The minimum Gasteiger partial charge on any atom is -0.306 e. The molecule has 1 aliphatic heterocycles. The van der Waals surface area contributed by atoms with E-state index >= 15 is 0 Å². The summed E-state index contributed by atoms with van der Waals surface area (Å²) in [4.78, 5) is 3.59. The van der Waals surface area contributed by atoms with Crippen molar-refractivity contribution in [3.05, 3.63) is 71.3 Å². The zero-order chi connectivity index (χ0) is 13.9. The van der Waals surface area contributed by atoms with Gasteiger partial charge in [0.25, 0.3) is 0 Å². The lowest BCUT2D eigenvalue weighted by atomic mass is 9.94. The van der Waals surface area contributed by atoms with Crippen LogP contribution < -0.4 is 0 Å². The molecular formula is C18H19NS. The summed E-state index contributed by atoms with van der Waals surface area (Å²) in [6, 6.07) is 17.5. The van der Waals surface area contributed by atoms with Crippen LogP contribution in [0.5, 0.6) is 0 Å². The van der Waals surface area contributed by atoms with Crippen molar-refractivity contribution in [1.82, 2.24) is 4.90 Å². The van der Waals surface area contributed by atoms with E-state index in [9.17, 15) is 0 Å². The molecule has 3 rings (SSSR count). The summed E-state index contributed by atoms with van der Waals surface area (Å²) < 4.78 is 0. The van der Waals surface area contributed by atoms with Crippen LogP contribution in [0.15, 0.2) is 59.5 Å². The van der Waals surface area contributed by atoms with E-state index in [-0.39, 0.29) is 0 Å². The van der Waals surface area contributed by atoms with Crippen LogP contribution in [0.25, 0.3) is 5.57 Å². The Balaban J connectivity index is 2.16. The Labute approximate surface area is 125 Å². The van der Waals surface area contributed by atoms with Gasteiger partial charge in [0.05, 0.1) is 0 Å². The Hall–Kier alpha value is -1.51. The second-order valence-electron chi connectivity index (χ2n) is 5.32. The van der Waals surface area contributed by atoms with Gasteiger partial charge in [0.1, 0.15) is 0 Å². The molecule has 0 aliphatic carbocycles. The average Bonchev–Trinajstić information content (AvgIpc) is 2.62. The molecule has 1 nitrogen and oxygen atoms in total. The highest BCUT2D eigenvalue weighted by Gasteiger charge is 2.17. The predicted octanol–water partition coefficient (Wildman–Crippen LogP) is 4.29. The third-order valence-electron chi connectivity index (χ3n) is 3.53. The molecule has 0 amide bonds. The Morgan fingerprint density at radius 2 is 1.70 bits per heavy atom. The minimum absolute atomic E-state index is 0.961. The zero-order valence-electron chi connectivity index (χ0n) is 12.0. The first-order chi connectivity index (χ1) is 9.75. The van der Waals surface area contributed by atoms with Crippen molar-refractivity contribution in [3.8, 4) is 0 Å². The molecule has 1 aliphatic rings. The number of likely N-dealkylation sites (N-methyl/N-ethyl adjacent to an activating group) is 1. The standard InChI is InChI=1S/C18H19NS/c1-19(2)12-11-16-15-8-4-3-7-14(15)13-20-18-10-6-5-9-17(16)18/h3-11H,12-13H2,1-2H3/b16-11+. The van der Waals surface area contributed by atoms with Crippen LogP contribution >= 0.6 is 11.8 Å². The molecule has 102 valence electrons. The average molecular weight is 281 g/mol. The van der Waals surface area contributed by atoms with Crippen LogP contribution in [-0.4, -0.2) is 25.5 Å². The maximum Gasteiger partial charge on any atom is 0.0238 e. The van der Waals surface area contributed by atoms with Gasteiger partial charge in [0, 0.05) is 17.2 Å². The summed E-state index contributed by atoms with van der Waals surface area (Å²) in [6.07, 6.45) is 2.35. The highest BCUT2D eigenvalue weighted by atomic mass is 32.2. The fraction of sp³-hybridized carbons (Fsp3) is 0.222. The van der Waals surface area contributed by atoms with E-state index in [1.807, 2.05) is 11.8 Å². The summed E-state index contributed by atoms with van der Waals surface area (Å²) in [6.45, 7) is 0.961. The quantitative estimate of drug-likeness (QED) is 0.808. The second-order valence-corrected chi connectivity index (χ2v) is 6.34. The number of rotatable bonds is 2. The van der Waals surface area contributed by atoms with Crippen LogP contribution in [0.2, 0.25) is 0 Å². The number of benzene rings is 2. The topological polar surface area (TPSA) is 3.24 Å². The largest absolute Gasteiger partial charge is 0.306 e. The van der Waals surface area contributed by atoms with E-state index in [0.29, 0.717) is 0 Å². The summed E-state index contributed by atoms with van der Waals surface area (Å²) >= 11 is 1.94. The molecule has 2 aromatic rings. The predicted molar refractivity (Wildman–Crippen MR) is 88.1 cm³/mol. The molecule has 20 heavy (non-hydrogen) atoms. The van der Waals surface area contributed by atoms with Crippen LogP contribution in [0.4, 0.5) is 0 Å². The number of nitrogens with zero attached hydrogens (tertiary/aromatic N) is 1. The molecule has 0 spiro atoms. The van der Waals surface area contributed by atoms with E-state index in [0.717, 1.165) is 12.3 Å². The monoisotopic (exact) mass is 281 g/mol. The van der Waals surface area contributed by atoms with Gasteiger partial charge < -0.3 is 4.90 Å². The SMILES string of the molecule is CN(C)C/C=C1\c2ccccc2CSc2ccccc21. The molecule has 2 aromatic carbocycles. The van der Waals surface area contributed by atoms with Gasteiger partial charge in [-0.05, 0) is 42.4 Å². The molecule has 0 fully saturated rings. The van der Waals surface area contributed by atoms with Gasteiger partial charge in [-0.2, -0.15) is 0 Å². The van der Waals surface area contributed by atoms with Crippen molar-refractivity contribution in [2.45, 2.75) is 10.6 Å². The first kappa shape index (κ1) is 13.5. The summed E-state index contributed by atoms with van der Waals surface area (Å²) in [5.41, 5.74) is 5.55. The maximum atomic E-state index is 2.35. The van der Waals surface area contributed by atoms with Crippen molar-refractivity contribution < 1.29 is 0 Å². The zero-order valence-corrected chi connectivity index (χ0v) is 12.8. The highest BCUT2D eigenvalue weighted by molar-refractivity contribution is 7.98. The normalized spacial score (nSPS) is 15.8. The Kier molecular flexibility index (Phi) is 3.95. The van der Waals surface area contributed by atoms with E-state index < -0.39 is 0 Å². The van der Waals surface area contributed by atoms with Crippen molar-refractivity contribution in [2.24, 2.45) is 0 Å². The number of hydrogen-bond donors (Lipinski definition) is 0. The van der Waals surface area contributed by atoms with Crippen LogP contribution in [0.1, 0.15) is 16.7 Å². The van der Waals surface area contributed by atoms with Crippen molar-refractivity contribution in [2.75, 3.05) is 20.6 Å². The summed E-state index contributed by atoms with van der Waals surface area (Å²) in [5.74, 6) is 1.05. The smallest absolute Gasteiger partial charge is 0.0238 e. The lowest BCUT2D eigenvalue weighted by molar-refractivity contribution is 0.457. The first-order valence-electron chi connectivity index (χ1n) is 6.91. The molecule has 0 aromatic heterocycles. The number of thioether (sulfide) groups is 1. The molecular weight excluding hydrogens is 262 g/mol. The Morgan fingerprint density at radius 1 is 1.00 bits per heavy atom. The van der Waals surface area contributed by atoms with Crippen LogP contribution in [-0.2, 0) is 5.75 Å². The Morgan fingerprint density at radius 3 is 2.50 bits per heavy atom. The van der Waals surface area contributed by atoms with Gasteiger partial charge in [-0.15, -0.1) is 11.8 Å². The Bertz CT molecular complexity index is 594.